The maximum atomic E-state index is 9.70. The van der Waals surface area contributed by atoms with Crippen molar-refractivity contribution in [3.63, 3.8) is 0 Å². The average Bonchev–Trinajstić information content (AvgIpc) is 2.71. The van der Waals surface area contributed by atoms with E-state index in [0.29, 0.717) is 28.7 Å². The van der Waals surface area contributed by atoms with Crippen molar-refractivity contribution in [3.8, 4) is 29.9 Å². The molecule has 0 aliphatic rings. The van der Waals surface area contributed by atoms with Crippen LogP contribution in [0, 0.1) is 23.7 Å². The second-order valence-corrected chi connectivity index (χ2v) is 6.39. The molecule has 0 aliphatic heterocycles. The number of halogens is 1. The average molecular weight is 388 g/mol. The van der Waals surface area contributed by atoms with Crippen molar-refractivity contribution >= 4 is 34.0 Å². The van der Waals surface area contributed by atoms with Gasteiger partial charge in [-0.1, -0.05) is 53.9 Å². The Balaban J connectivity index is 2.04. The van der Waals surface area contributed by atoms with Crippen molar-refractivity contribution < 1.29 is 9.47 Å². The van der Waals surface area contributed by atoms with Crippen molar-refractivity contribution in [1.82, 2.24) is 0 Å². The summed E-state index contributed by atoms with van der Waals surface area (Å²) in [7, 11) is 0. The van der Waals surface area contributed by atoms with Gasteiger partial charge in [-0.2, -0.15) is 5.26 Å². The molecule has 3 nitrogen and oxygen atoms in total. The summed E-state index contributed by atoms with van der Waals surface area (Å²) in [5, 5.41) is 12.3. The molecule has 3 rings (SSSR count). The van der Waals surface area contributed by atoms with Gasteiger partial charge in [-0.05, 0) is 53.1 Å². The van der Waals surface area contributed by atoms with E-state index in [2.05, 4.69) is 12.0 Å². The Morgan fingerprint density at radius 2 is 1.89 bits per heavy atom. The van der Waals surface area contributed by atoms with Gasteiger partial charge in [-0.15, -0.1) is 6.42 Å². The fraction of sp³-hybridized carbons (Fsp3) is 0.125. The quantitative estimate of drug-likeness (QED) is 0.297. The van der Waals surface area contributed by atoms with Crippen LogP contribution in [-0.4, -0.2) is 13.2 Å². The van der Waals surface area contributed by atoms with Gasteiger partial charge in [0, 0.05) is 0 Å². The van der Waals surface area contributed by atoms with Crippen LogP contribution in [0.25, 0.3) is 22.4 Å². The van der Waals surface area contributed by atoms with Gasteiger partial charge in [-0.25, -0.2) is 0 Å². The van der Waals surface area contributed by atoms with Gasteiger partial charge in [0.2, 0.25) is 0 Å². The fourth-order valence-electron chi connectivity index (χ4n) is 2.89. The normalized spacial score (nSPS) is 10.9. The summed E-state index contributed by atoms with van der Waals surface area (Å²) in [4.78, 5) is 0. The molecular weight excluding hydrogens is 370 g/mol. The molecule has 4 heteroatoms. The van der Waals surface area contributed by atoms with Crippen LogP contribution in [0.4, 0.5) is 0 Å². The first kappa shape index (κ1) is 19.4. The first-order valence-electron chi connectivity index (χ1n) is 8.79. The lowest BCUT2D eigenvalue weighted by atomic mass is 10.00. The molecule has 0 unspecified atom stereocenters. The van der Waals surface area contributed by atoms with E-state index < -0.39 is 0 Å². The van der Waals surface area contributed by atoms with E-state index >= 15 is 0 Å². The first-order valence-corrected chi connectivity index (χ1v) is 9.17. The van der Waals surface area contributed by atoms with Gasteiger partial charge in [0.25, 0.3) is 0 Å². The predicted molar refractivity (Wildman–Crippen MR) is 114 cm³/mol. The molecule has 0 aliphatic carbocycles. The van der Waals surface area contributed by atoms with E-state index in [1.54, 1.807) is 18.2 Å². The Morgan fingerprint density at radius 3 is 2.61 bits per heavy atom. The number of ether oxygens (including phenoxy) is 2. The minimum atomic E-state index is 0.0928. The maximum Gasteiger partial charge on any atom is 0.181 e. The van der Waals surface area contributed by atoms with E-state index in [1.165, 1.54) is 0 Å². The van der Waals surface area contributed by atoms with Crippen LogP contribution in [0.1, 0.15) is 18.1 Å². The standard InChI is InChI=1S/C24H18ClNO2/c1-3-11-28-24-22(25)13-17(14-23(24)27-4-2)12-21(16-26)20-10-9-18-7-5-6-8-19(18)15-20/h1,5-10,12-15H,4,11H2,2H3/b21-12-. The third-order valence-corrected chi connectivity index (χ3v) is 4.40. The Hall–Kier alpha value is -3.40. The largest absolute Gasteiger partial charge is 0.490 e. The van der Waals surface area contributed by atoms with Gasteiger partial charge >= 0.3 is 0 Å². The molecular formula is C24H18ClNO2. The van der Waals surface area contributed by atoms with Crippen LogP contribution in [0.3, 0.4) is 0 Å². The second-order valence-electron chi connectivity index (χ2n) is 5.99. The number of nitriles is 1. The SMILES string of the molecule is C#CCOc1c(Cl)cc(/C=C(/C#N)c2ccc3ccccc3c2)cc1OCC. The van der Waals surface area contributed by atoms with Crippen LogP contribution in [0.5, 0.6) is 11.5 Å². The topological polar surface area (TPSA) is 42.2 Å². The molecule has 0 fully saturated rings. The number of allylic oxidation sites excluding steroid dienone is 1. The molecule has 0 amide bonds. The monoisotopic (exact) mass is 387 g/mol. The van der Waals surface area contributed by atoms with Crippen molar-refractivity contribution in [1.29, 1.82) is 5.26 Å². The zero-order valence-corrected chi connectivity index (χ0v) is 16.2. The molecule has 138 valence electrons. The third-order valence-electron chi connectivity index (χ3n) is 4.12. The lowest BCUT2D eigenvalue weighted by molar-refractivity contribution is 0.299. The number of rotatable bonds is 6. The van der Waals surface area contributed by atoms with Crippen molar-refractivity contribution in [2.24, 2.45) is 0 Å². The van der Waals surface area contributed by atoms with Crippen LogP contribution in [0.15, 0.2) is 54.6 Å². The summed E-state index contributed by atoms with van der Waals surface area (Å²) >= 11 is 6.37. The number of hydrogen-bond acceptors (Lipinski definition) is 3. The van der Waals surface area contributed by atoms with Crippen molar-refractivity contribution in [3.05, 3.63) is 70.7 Å². The van der Waals surface area contributed by atoms with Crippen LogP contribution in [0.2, 0.25) is 5.02 Å². The highest BCUT2D eigenvalue weighted by Gasteiger charge is 2.13. The molecule has 0 saturated carbocycles. The second kappa shape index (κ2) is 9.00. The summed E-state index contributed by atoms with van der Waals surface area (Å²) in [6.07, 6.45) is 7.04. The van der Waals surface area contributed by atoms with E-state index in [1.807, 2.05) is 49.4 Å². The van der Waals surface area contributed by atoms with Gasteiger partial charge in [0.15, 0.2) is 11.5 Å². The summed E-state index contributed by atoms with van der Waals surface area (Å²) in [5.74, 6) is 3.31. The zero-order chi connectivity index (χ0) is 19.9. The summed E-state index contributed by atoms with van der Waals surface area (Å²) in [6, 6.07) is 19.8. The Kier molecular flexibility index (Phi) is 6.22. The van der Waals surface area contributed by atoms with Gasteiger partial charge in [0.05, 0.1) is 23.3 Å². The van der Waals surface area contributed by atoms with Crippen molar-refractivity contribution in [2.75, 3.05) is 13.2 Å². The zero-order valence-electron chi connectivity index (χ0n) is 15.4. The van der Waals surface area contributed by atoms with Crippen LogP contribution >= 0.6 is 11.6 Å². The number of benzene rings is 3. The van der Waals surface area contributed by atoms with Gasteiger partial charge in [-0.3, -0.25) is 0 Å². The Labute approximate surface area is 169 Å². The van der Waals surface area contributed by atoms with E-state index in [0.717, 1.165) is 21.9 Å². The third kappa shape index (κ3) is 4.29. The highest BCUT2D eigenvalue weighted by atomic mass is 35.5. The molecule has 0 saturated heterocycles. The molecule has 0 bridgehead atoms. The molecule has 0 aromatic heterocycles. The van der Waals surface area contributed by atoms with E-state index in [4.69, 9.17) is 27.5 Å². The molecule has 3 aromatic carbocycles. The molecule has 28 heavy (non-hydrogen) atoms. The summed E-state index contributed by atoms with van der Waals surface area (Å²) < 4.78 is 11.2. The maximum absolute atomic E-state index is 9.70. The van der Waals surface area contributed by atoms with Crippen LogP contribution in [-0.2, 0) is 0 Å². The minimum Gasteiger partial charge on any atom is -0.490 e. The fourth-order valence-corrected chi connectivity index (χ4v) is 3.17. The summed E-state index contributed by atoms with van der Waals surface area (Å²) in [6.45, 7) is 2.42. The number of terminal acetylenes is 1. The Bertz CT molecular complexity index is 1120. The number of fused-ring (bicyclic) bond motifs is 1. The molecule has 0 atom stereocenters. The Morgan fingerprint density at radius 1 is 1.11 bits per heavy atom. The number of hydrogen-bond donors (Lipinski definition) is 0. The smallest absolute Gasteiger partial charge is 0.181 e. The van der Waals surface area contributed by atoms with Crippen molar-refractivity contribution in [2.45, 2.75) is 6.92 Å². The molecule has 0 N–H and O–H groups in total. The molecule has 0 spiro atoms. The van der Waals surface area contributed by atoms with Crippen LogP contribution < -0.4 is 9.47 Å². The van der Waals surface area contributed by atoms with Gasteiger partial charge in [0.1, 0.15) is 6.61 Å². The molecule has 3 aromatic rings. The lowest BCUT2D eigenvalue weighted by Crippen LogP contribution is -2.00. The van der Waals surface area contributed by atoms with E-state index in [-0.39, 0.29) is 6.61 Å². The first-order chi connectivity index (χ1) is 13.7. The summed E-state index contributed by atoms with van der Waals surface area (Å²) in [5.41, 5.74) is 2.11. The molecule has 0 heterocycles. The highest BCUT2D eigenvalue weighted by molar-refractivity contribution is 6.32. The number of nitrogens with zero attached hydrogens (tertiary/aromatic N) is 1. The highest BCUT2D eigenvalue weighted by Crippen LogP contribution is 2.37. The van der Waals surface area contributed by atoms with Gasteiger partial charge < -0.3 is 9.47 Å². The lowest BCUT2D eigenvalue weighted by Gasteiger charge is -2.13. The van der Waals surface area contributed by atoms with E-state index in [9.17, 15) is 5.26 Å². The molecule has 0 radical (unpaired) electrons. The minimum absolute atomic E-state index is 0.0928. The predicted octanol–water partition coefficient (Wildman–Crippen LogP) is 5.97.